The molecule has 286 valence electrons. The molecule has 1 aliphatic heterocycles. The summed E-state index contributed by atoms with van der Waals surface area (Å²) in [4.78, 5) is 28.8. The number of rotatable bonds is 20. The van der Waals surface area contributed by atoms with Crippen molar-refractivity contribution in [2.45, 2.75) is 52.0 Å². The number of benzene rings is 4. The minimum atomic E-state index is -0.363. The van der Waals surface area contributed by atoms with E-state index in [0.717, 1.165) is 63.9 Å². The molecule has 55 heavy (non-hydrogen) atoms. The van der Waals surface area contributed by atoms with Gasteiger partial charge in [-0.05, 0) is 70.5 Å². The molecule has 0 spiro atoms. The maximum absolute atomic E-state index is 12.9. The summed E-state index contributed by atoms with van der Waals surface area (Å²) < 4.78 is 18.6. The van der Waals surface area contributed by atoms with E-state index in [1.54, 1.807) is 18.2 Å². The number of hydrogen-bond acceptors (Lipinski definition) is 7. The Bertz CT molecular complexity index is 2230. The fourth-order valence-corrected chi connectivity index (χ4v) is 7.11. The van der Waals surface area contributed by atoms with Crippen LogP contribution in [0.4, 0.5) is 0 Å². The van der Waals surface area contributed by atoms with Crippen LogP contribution in [0, 0.1) is 0 Å². The number of amides is 2. The van der Waals surface area contributed by atoms with Crippen molar-refractivity contribution in [3.63, 3.8) is 0 Å². The number of nitrogens with one attached hydrogen (secondary N) is 4. The van der Waals surface area contributed by atoms with Crippen LogP contribution in [0.15, 0.2) is 97.2 Å². The van der Waals surface area contributed by atoms with Crippen molar-refractivity contribution < 1.29 is 28.9 Å². The molecule has 11 nitrogen and oxygen atoms in total. The highest BCUT2D eigenvalue weighted by Gasteiger charge is 2.33. The fourth-order valence-electron chi connectivity index (χ4n) is 7.11. The van der Waals surface area contributed by atoms with Gasteiger partial charge in [0.1, 0.15) is 5.75 Å². The lowest BCUT2D eigenvalue weighted by Gasteiger charge is -2.15. The molecule has 5 N–H and O–H groups in total. The van der Waals surface area contributed by atoms with E-state index in [1.165, 1.54) is 10.9 Å². The summed E-state index contributed by atoms with van der Waals surface area (Å²) >= 11 is 0. The van der Waals surface area contributed by atoms with Gasteiger partial charge in [0.15, 0.2) is 0 Å². The zero-order valence-corrected chi connectivity index (χ0v) is 31.2. The lowest BCUT2D eigenvalue weighted by atomic mass is 9.95. The Kier molecular flexibility index (Phi) is 12.6. The van der Waals surface area contributed by atoms with E-state index < -0.39 is 0 Å². The van der Waals surface area contributed by atoms with Crippen LogP contribution in [0.5, 0.6) is 5.75 Å². The number of phenolic OH excluding ortho intramolecular Hbond substituents is 1. The second-order valence-electron chi connectivity index (χ2n) is 13.9. The van der Waals surface area contributed by atoms with Gasteiger partial charge in [0.05, 0.1) is 39.1 Å². The molecule has 1 atom stereocenters. The number of aromatic hydroxyl groups is 1. The minimum absolute atomic E-state index is 0.0435. The maximum atomic E-state index is 12.9. The van der Waals surface area contributed by atoms with Gasteiger partial charge < -0.3 is 44.8 Å². The number of hydrogen-bond donors (Lipinski definition) is 5. The number of para-hydroxylation sites is 1. The third kappa shape index (κ3) is 9.44. The summed E-state index contributed by atoms with van der Waals surface area (Å²) in [5.74, 6) is -0.0452. The average Bonchev–Trinajstić information content (AvgIpc) is 3.87. The average molecular weight is 744 g/mol. The molecule has 0 saturated heterocycles. The molecule has 2 amide bonds. The van der Waals surface area contributed by atoms with Gasteiger partial charge in [0.2, 0.25) is 5.91 Å². The summed E-state index contributed by atoms with van der Waals surface area (Å²) in [5.41, 5.74) is 8.88. The normalized spacial score (nSPS) is 13.8. The van der Waals surface area contributed by atoms with Crippen LogP contribution in [-0.4, -0.2) is 66.1 Å². The highest BCUT2D eigenvalue weighted by Crippen LogP contribution is 2.38. The second-order valence-corrected chi connectivity index (χ2v) is 13.9. The maximum Gasteiger partial charge on any atom is 0.252 e. The minimum Gasteiger partial charge on any atom is -0.508 e. The molecule has 2 aromatic heterocycles. The third-order valence-corrected chi connectivity index (χ3v) is 9.88. The van der Waals surface area contributed by atoms with E-state index in [1.807, 2.05) is 18.2 Å². The van der Waals surface area contributed by atoms with E-state index in [2.05, 4.69) is 93.2 Å². The monoisotopic (exact) mass is 743 g/mol. The standard InChI is InChI=1S/C44H49N5O6/c1-2-18-53-20-22-55-23-21-54-19-16-41(51)46-27-30-7-9-31(10-8-30)29-49-17-15-33-12-11-32(24-40(33)49)26-45-28-39-42(36-5-3-4-6-38(36)47-39)43-37-25-34(50)13-14-35(37)44(52)48-43/h3-15,17,24-25,43,45,47,50H,2,16,18-23,26-29H2,1H3,(H,46,51)(H,48,52). The number of carbonyl (C=O) groups is 2. The molecule has 0 aliphatic carbocycles. The predicted octanol–water partition coefficient (Wildman–Crippen LogP) is 6.47. The van der Waals surface area contributed by atoms with Gasteiger partial charge in [-0.15, -0.1) is 0 Å². The Labute approximate surface area is 321 Å². The van der Waals surface area contributed by atoms with Crippen molar-refractivity contribution in [2.24, 2.45) is 0 Å². The Morgan fingerprint density at radius 2 is 1.55 bits per heavy atom. The lowest BCUT2D eigenvalue weighted by molar-refractivity contribution is -0.122. The molecule has 0 radical (unpaired) electrons. The van der Waals surface area contributed by atoms with Gasteiger partial charge in [-0.25, -0.2) is 0 Å². The van der Waals surface area contributed by atoms with Crippen LogP contribution in [0.3, 0.4) is 0 Å². The Morgan fingerprint density at radius 3 is 2.36 bits per heavy atom. The number of H-pyrrole nitrogens is 1. The summed E-state index contributed by atoms with van der Waals surface area (Å²) in [6.07, 6.45) is 3.42. The first-order chi connectivity index (χ1) is 27.0. The number of ether oxygens (including phenoxy) is 3. The molecule has 6 aromatic rings. The Morgan fingerprint density at radius 1 is 0.800 bits per heavy atom. The van der Waals surface area contributed by atoms with Crippen molar-refractivity contribution >= 4 is 33.6 Å². The molecular formula is C44H49N5O6. The second kappa shape index (κ2) is 18.2. The summed E-state index contributed by atoms with van der Waals surface area (Å²) in [7, 11) is 0. The highest BCUT2D eigenvalue weighted by atomic mass is 16.5. The quantitative estimate of drug-likeness (QED) is 0.0566. The van der Waals surface area contributed by atoms with Crippen LogP contribution < -0.4 is 16.0 Å². The molecule has 11 heteroatoms. The molecule has 0 fully saturated rings. The van der Waals surface area contributed by atoms with Crippen molar-refractivity contribution in [1.82, 2.24) is 25.5 Å². The van der Waals surface area contributed by atoms with Crippen LogP contribution in [0.1, 0.15) is 69.7 Å². The van der Waals surface area contributed by atoms with Crippen molar-refractivity contribution in [1.29, 1.82) is 0 Å². The molecule has 3 heterocycles. The molecule has 1 unspecified atom stereocenters. The van der Waals surface area contributed by atoms with E-state index >= 15 is 0 Å². The SMILES string of the molecule is CCCOCCOCCOCCC(=O)NCc1ccc(Cn2ccc3ccc(CNCc4[nH]c5ccccc5c4C4NC(=O)c5ccc(O)cc54)cc32)cc1. The van der Waals surface area contributed by atoms with E-state index in [-0.39, 0.29) is 23.6 Å². The molecule has 7 rings (SSSR count). The molecule has 0 bridgehead atoms. The third-order valence-electron chi connectivity index (χ3n) is 9.88. The number of aromatic amines is 1. The topological polar surface area (TPSA) is 139 Å². The van der Waals surface area contributed by atoms with E-state index in [0.29, 0.717) is 64.7 Å². The molecular weight excluding hydrogens is 695 g/mol. The largest absolute Gasteiger partial charge is 0.508 e. The smallest absolute Gasteiger partial charge is 0.252 e. The molecule has 1 aliphatic rings. The fraction of sp³-hybridized carbons (Fsp3) is 0.318. The molecule has 0 saturated carbocycles. The number of carbonyl (C=O) groups excluding carboxylic acids is 2. The number of nitrogens with zero attached hydrogens (tertiary/aromatic N) is 1. The first kappa shape index (κ1) is 37.8. The van der Waals surface area contributed by atoms with Gasteiger partial charge >= 0.3 is 0 Å². The van der Waals surface area contributed by atoms with E-state index in [9.17, 15) is 14.7 Å². The van der Waals surface area contributed by atoms with Crippen molar-refractivity contribution in [2.75, 3.05) is 39.6 Å². The zero-order chi connectivity index (χ0) is 38.0. The van der Waals surface area contributed by atoms with Crippen LogP contribution in [-0.2, 0) is 45.2 Å². The highest BCUT2D eigenvalue weighted by molar-refractivity contribution is 6.01. The van der Waals surface area contributed by atoms with Crippen LogP contribution >= 0.6 is 0 Å². The van der Waals surface area contributed by atoms with Gasteiger partial charge in [-0.1, -0.05) is 61.5 Å². The lowest BCUT2D eigenvalue weighted by Crippen LogP contribution is -2.24. The first-order valence-corrected chi connectivity index (χ1v) is 19.1. The van der Waals surface area contributed by atoms with Gasteiger partial charge in [-0.3, -0.25) is 9.59 Å². The van der Waals surface area contributed by atoms with Crippen molar-refractivity contribution in [3.8, 4) is 5.75 Å². The number of phenols is 1. The summed E-state index contributed by atoms with van der Waals surface area (Å²) in [6.45, 7) is 7.68. The van der Waals surface area contributed by atoms with Gasteiger partial charge in [0.25, 0.3) is 5.91 Å². The molecule has 4 aromatic carbocycles. The predicted molar refractivity (Wildman–Crippen MR) is 213 cm³/mol. The Balaban J connectivity index is 0.905. The number of aromatic nitrogens is 2. The zero-order valence-electron chi connectivity index (χ0n) is 31.2. The Hall–Kier alpha value is -5.46. The van der Waals surface area contributed by atoms with Gasteiger partial charge in [-0.2, -0.15) is 0 Å². The van der Waals surface area contributed by atoms with Gasteiger partial charge in [0, 0.05) is 78.6 Å². The van der Waals surface area contributed by atoms with E-state index in [4.69, 9.17) is 14.2 Å². The van der Waals surface area contributed by atoms with Crippen molar-refractivity contribution in [3.05, 3.63) is 136 Å². The summed E-state index contributed by atoms with van der Waals surface area (Å²) in [6, 6.07) is 29.7. The first-order valence-electron chi connectivity index (χ1n) is 19.1. The van der Waals surface area contributed by atoms with Crippen LogP contribution in [0.2, 0.25) is 0 Å². The summed E-state index contributed by atoms with van der Waals surface area (Å²) in [5, 5.41) is 22.2. The number of fused-ring (bicyclic) bond motifs is 3. The van der Waals surface area contributed by atoms with Crippen LogP contribution in [0.25, 0.3) is 21.8 Å².